The van der Waals surface area contributed by atoms with Crippen LogP contribution in [0.2, 0.25) is 0 Å². The Balaban J connectivity index is 1.89. The zero-order chi connectivity index (χ0) is 15.1. The number of hydrogen-bond acceptors (Lipinski definition) is 4. The van der Waals surface area contributed by atoms with Gasteiger partial charge in [-0.2, -0.15) is 0 Å². The summed E-state index contributed by atoms with van der Waals surface area (Å²) in [5, 5.41) is 2.38. The smallest absolute Gasteiger partial charge is 0.253 e. The topological polar surface area (TPSA) is 94.3 Å². The number of rotatable bonds is 6. The lowest BCUT2D eigenvalue weighted by Crippen LogP contribution is -2.33. The van der Waals surface area contributed by atoms with Crippen LogP contribution < -0.4 is 15.8 Å². The number of ether oxygens (including phenoxy) is 1. The van der Waals surface area contributed by atoms with Crippen LogP contribution >= 0.6 is 0 Å². The first kappa shape index (κ1) is 14.5. The lowest BCUT2D eigenvalue weighted by Gasteiger charge is -2.06. The standard InChI is InChI=1S/C15H15N3O3/c16-13(19)9-18-15(20)12-6-7-14(17-8-12)21-10-11-4-2-1-3-5-11/h1-8H,9-10H2,(H2,16,19)(H,18,20). The zero-order valence-electron chi connectivity index (χ0n) is 11.3. The quantitative estimate of drug-likeness (QED) is 0.823. The van der Waals surface area contributed by atoms with E-state index in [4.69, 9.17) is 10.5 Å². The number of benzene rings is 1. The fourth-order valence-electron chi connectivity index (χ4n) is 1.60. The predicted molar refractivity (Wildman–Crippen MR) is 76.5 cm³/mol. The molecule has 0 radical (unpaired) electrons. The van der Waals surface area contributed by atoms with Crippen molar-refractivity contribution in [3.8, 4) is 5.88 Å². The number of aromatic nitrogens is 1. The number of nitrogens with two attached hydrogens (primary N) is 1. The fraction of sp³-hybridized carbons (Fsp3) is 0.133. The van der Waals surface area contributed by atoms with Crippen molar-refractivity contribution in [1.82, 2.24) is 10.3 Å². The Kier molecular flexibility index (Phi) is 4.87. The Morgan fingerprint density at radius 3 is 2.52 bits per heavy atom. The number of amides is 2. The maximum Gasteiger partial charge on any atom is 0.253 e. The Labute approximate surface area is 121 Å². The van der Waals surface area contributed by atoms with E-state index < -0.39 is 11.8 Å². The van der Waals surface area contributed by atoms with Crippen molar-refractivity contribution in [2.45, 2.75) is 6.61 Å². The molecule has 6 nitrogen and oxygen atoms in total. The molecule has 0 aliphatic heterocycles. The van der Waals surface area contributed by atoms with E-state index in [1.807, 2.05) is 30.3 Å². The molecule has 21 heavy (non-hydrogen) atoms. The molecule has 0 bridgehead atoms. The average Bonchev–Trinajstić information content (AvgIpc) is 2.52. The number of nitrogens with zero attached hydrogens (tertiary/aromatic N) is 1. The Morgan fingerprint density at radius 1 is 1.14 bits per heavy atom. The molecule has 0 aliphatic carbocycles. The summed E-state index contributed by atoms with van der Waals surface area (Å²) >= 11 is 0. The third-order valence-corrected chi connectivity index (χ3v) is 2.65. The number of carbonyl (C=O) groups excluding carboxylic acids is 2. The maximum atomic E-state index is 11.6. The third kappa shape index (κ3) is 4.61. The first-order valence-electron chi connectivity index (χ1n) is 6.34. The van der Waals surface area contributed by atoms with Crippen LogP contribution in [0.4, 0.5) is 0 Å². The number of primary amides is 1. The van der Waals surface area contributed by atoms with Gasteiger partial charge >= 0.3 is 0 Å². The molecule has 1 aromatic carbocycles. The van der Waals surface area contributed by atoms with Crippen LogP contribution in [-0.4, -0.2) is 23.3 Å². The number of hydrogen-bond donors (Lipinski definition) is 2. The Bertz CT molecular complexity index is 612. The molecule has 1 aromatic heterocycles. The molecule has 2 amide bonds. The number of nitrogens with one attached hydrogen (secondary N) is 1. The molecule has 3 N–H and O–H groups in total. The summed E-state index contributed by atoms with van der Waals surface area (Å²) in [6, 6.07) is 12.9. The molecule has 2 rings (SSSR count). The van der Waals surface area contributed by atoms with Crippen LogP contribution in [0.1, 0.15) is 15.9 Å². The minimum atomic E-state index is -0.598. The summed E-state index contributed by atoms with van der Waals surface area (Å²) in [4.78, 5) is 26.3. The monoisotopic (exact) mass is 285 g/mol. The van der Waals surface area contributed by atoms with Gasteiger partial charge in [0.25, 0.3) is 5.91 Å². The van der Waals surface area contributed by atoms with Crippen molar-refractivity contribution < 1.29 is 14.3 Å². The lowest BCUT2D eigenvalue weighted by molar-refractivity contribution is -0.117. The SMILES string of the molecule is NC(=O)CNC(=O)c1ccc(OCc2ccccc2)nc1. The molecule has 1 heterocycles. The van der Waals surface area contributed by atoms with Crippen LogP contribution in [0.3, 0.4) is 0 Å². The minimum absolute atomic E-state index is 0.203. The van der Waals surface area contributed by atoms with E-state index in [1.165, 1.54) is 6.20 Å². The second-order valence-corrected chi connectivity index (χ2v) is 4.31. The van der Waals surface area contributed by atoms with Crippen molar-refractivity contribution in [3.05, 3.63) is 59.8 Å². The van der Waals surface area contributed by atoms with Gasteiger partial charge in [-0.25, -0.2) is 4.98 Å². The van der Waals surface area contributed by atoms with E-state index in [1.54, 1.807) is 12.1 Å². The highest BCUT2D eigenvalue weighted by Crippen LogP contribution is 2.10. The number of pyridine rings is 1. The van der Waals surface area contributed by atoms with Crippen molar-refractivity contribution in [2.24, 2.45) is 5.73 Å². The van der Waals surface area contributed by atoms with E-state index in [9.17, 15) is 9.59 Å². The maximum absolute atomic E-state index is 11.6. The summed E-state index contributed by atoms with van der Waals surface area (Å²) in [5.74, 6) is -0.583. The number of carbonyl (C=O) groups is 2. The first-order chi connectivity index (χ1) is 10.1. The van der Waals surface area contributed by atoms with Gasteiger partial charge in [-0.3, -0.25) is 9.59 Å². The highest BCUT2D eigenvalue weighted by atomic mass is 16.5. The van der Waals surface area contributed by atoms with Gasteiger partial charge in [-0.05, 0) is 11.6 Å². The highest BCUT2D eigenvalue weighted by molar-refractivity contribution is 5.96. The summed E-state index contributed by atoms with van der Waals surface area (Å²) in [6.07, 6.45) is 1.39. The van der Waals surface area contributed by atoms with Crippen molar-refractivity contribution in [2.75, 3.05) is 6.54 Å². The Morgan fingerprint density at radius 2 is 1.90 bits per heavy atom. The van der Waals surface area contributed by atoms with Crippen molar-refractivity contribution in [1.29, 1.82) is 0 Å². The summed E-state index contributed by atoms with van der Waals surface area (Å²) in [7, 11) is 0. The van der Waals surface area contributed by atoms with Gasteiger partial charge in [0.1, 0.15) is 6.61 Å². The Hall–Kier alpha value is -2.89. The van der Waals surface area contributed by atoms with Gasteiger partial charge in [0.05, 0.1) is 12.1 Å². The molecule has 0 saturated heterocycles. The van der Waals surface area contributed by atoms with Gasteiger partial charge in [0, 0.05) is 12.3 Å². The van der Waals surface area contributed by atoms with E-state index in [2.05, 4.69) is 10.3 Å². The summed E-state index contributed by atoms with van der Waals surface area (Å²) in [6.45, 7) is 0.201. The molecule has 0 unspecified atom stereocenters. The second-order valence-electron chi connectivity index (χ2n) is 4.31. The first-order valence-corrected chi connectivity index (χ1v) is 6.34. The van der Waals surface area contributed by atoms with Crippen LogP contribution in [0.25, 0.3) is 0 Å². The van der Waals surface area contributed by atoms with Gasteiger partial charge in [-0.15, -0.1) is 0 Å². The van der Waals surface area contributed by atoms with Crippen LogP contribution in [0.5, 0.6) is 5.88 Å². The summed E-state index contributed by atoms with van der Waals surface area (Å²) in [5.41, 5.74) is 6.32. The second kappa shape index (κ2) is 7.04. The molecule has 0 atom stereocenters. The molecule has 2 aromatic rings. The normalized spacial score (nSPS) is 9.90. The molecule has 0 spiro atoms. The molecular weight excluding hydrogens is 270 g/mol. The van der Waals surface area contributed by atoms with Gasteiger partial charge < -0.3 is 15.8 Å². The van der Waals surface area contributed by atoms with E-state index >= 15 is 0 Å². The van der Waals surface area contributed by atoms with Crippen LogP contribution in [0.15, 0.2) is 48.7 Å². The van der Waals surface area contributed by atoms with Gasteiger partial charge in [0.2, 0.25) is 11.8 Å². The van der Waals surface area contributed by atoms with Crippen molar-refractivity contribution >= 4 is 11.8 Å². The van der Waals surface area contributed by atoms with E-state index in [0.717, 1.165) is 5.56 Å². The largest absolute Gasteiger partial charge is 0.473 e. The molecule has 0 fully saturated rings. The zero-order valence-corrected chi connectivity index (χ0v) is 11.3. The van der Waals surface area contributed by atoms with E-state index in [0.29, 0.717) is 18.1 Å². The van der Waals surface area contributed by atoms with Gasteiger partial charge in [0.15, 0.2) is 0 Å². The average molecular weight is 285 g/mol. The predicted octanol–water partition coefficient (Wildman–Crippen LogP) is 0.876. The van der Waals surface area contributed by atoms with E-state index in [-0.39, 0.29) is 6.54 Å². The third-order valence-electron chi connectivity index (χ3n) is 2.65. The van der Waals surface area contributed by atoms with Gasteiger partial charge in [-0.1, -0.05) is 30.3 Å². The lowest BCUT2D eigenvalue weighted by atomic mass is 10.2. The van der Waals surface area contributed by atoms with Crippen LogP contribution in [-0.2, 0) is 11.4 Å². The summed E-state index contributed by atoms with van der Waals surface area (Å²) < 4.78 is 5.51. The molecule has 0 aliphatic rings. The molecule has 6 heteroatoms. The molecule has 108 valence electrons. The minimum Gasteiger partial charge on any atom is -0.473 e. The highest BCUT2D eigenvalue weighted by Gasteiger charge is 2.07. The molecular formula is C15H15N3O3. The fourth-order valence-corrected chi connectivity index (χ4v) is 1.60. The van der Waals surface area contributed by atoms with Crippen LogP contribution in [0, 0.1) is 0 Å². The van der Waals surface area contributed by atoms with Crippen molar-refractivity contribution in [3.63, 3.8) is 0 Å². The molecule has 0 saturated carbocycles.